The minimum atomic E-state index is -0.530. The van der Waals surface area contributed by atoms with Gasteiger partial charge in [-0.15, -0.1) is 0 Å². The zero-order valence-corrected chi connectivity index (χ0v) is 14.4. The van der Waals surface area contributed by atoms with Crippen LogP contribution in [0.5, 0.6) is 5.75 Å². The van der Waals surface area contributed by atoms with Crippen molar-refractivity contribution in [1.82, 2.24) is 5.32 Å². The van der Waals surface area contributed by atoms with Gasteiger partial charge in [0.2, 0.25) is 0 Å². The molecule has 1 saturated heterocycles. The number of amides is 1. The molecule has 1 aromatic carbocycles. The van der Waals surface area contributed by atoms with Crippen molar-refractivity contribution < 1.29 is 14.3 Å². The van der Waals surface area contributed by atoms with Crippen LogP contribution in [0.25, 0.3) is 0 Å². The van der Waals surface area contributed by atoms with Crippen molar-refractivity contribution in [2.45, 2.75) is 45.3 Å². The van der Waals surface area contributed by atoms with Gasteiger partial charge in [0.15, 0.2) is 0 Å². The fourth-order valence-corrected chi connectivity index (χ4v) is 2.49. The van der Waals surface area contributed by atoms with Crippen LogP contribution in [0.1, 0.15) is 33.6 Å². The molecule has 1 unspecified atom stereocenters. The van der Waals surface area contributed by atoms with Crippen molar-refractivity contribution >= 4 is 17.5 Å². The summed E-state index contributed by atoms with van der Waals surface area (Å²) in [6.07, 6.45) is 1.76. The molecule has 1 amide bonds. The van der Waals surface area contributed by atoms with Gasteiger partial charge in [0.25, 0.3) is 0 Å². The van der Waals surface area contributed by atoms with E-state index in [2.05, 4.69) is 16.0 Å². The summed E-state index contributed by atoms with van der Waals surface area (Å²) in [5, 5.41) is 9.66. The first kappa shape index (κ1) is 17.4. The normalized spacial score (nSPS) is 18.2. The molecular weight excluding hydrogens is 294 g/mol. The smallest absolute Gasteiger partial charge is 0.412 e. The van der Waals surface area contributed by atoms with Crippen LogP contribution < -0.4 is 20.7 Å². The van der Waals surface area contributed by atoms with Gasteiger partial charge in [-0.3, -0.25) is 5.32 Å². The zero-order valence-electron chi connectivity index (χ0n) is 14.4. The fraction of sp³-hybridized carbons (Fsp3) is 0.588. The minimum Gasteiger partial charge on any atom is -0.497 e. The third-order valence-corrected chi connectivity index (χ3v) is 3.52. The third-order valence-electron chi connectivity index (χ3n) is 3.52. The summed E-state index contributed by atoms with van der Waals surface area (Å²) in [7, 11) is 1.63. The summed E-state index contributed by atoms with van der Waals surface area (Å²) in [5.41, 5.74) is 0.992. The highest BCUT2D eigenvalue weighted by molar-refractivity contribution is 5.90. The molecule has 0 aromatic heterocycles. The summed E-state index contributed by atoms with van der Waals surface area (Å²) in [6.45, 7) is 7.48. The number of anilines is 2. The van der Waals surface area contributed by atoms with E-state index in [1.54, 1.807) is 7.11 Å². The second-order valence-corrected chi connectivity index (χ2v) is 6.73. The van der Waals surface area contributed by atoms with Gasteiger partial charge in [-0.2, -0.15) is 0 Å². The van der Waals surface area contributed by atoms with Crippen LogP contribution in [-0.2, 0) is 4.74 Å². The summed E-state index contributed by atoms with van der Waals surface area (Å²) in [4.78, 5) is 12.0. The summed E-state index contributed by atoms with van der Waals surface area (Å²) in [6, 6.07) is 5.86. The summed E-state index contributed by atoms with van der Waals surface area (Å²) < 4.78 is 10.6. The number of hydrogen-bond donors (Lipinski definition) is 3. The van der Waals surface area contributed by atoms with E-state index < -0.39 is 11.7 Å². The van der Waals surface area contributed by atoms with Crippen LogP contribution in [0.4, 0.5) is 16.2 Å². The largest absolute Gasteiger partial charge is 0.497 e. The van der Waals surface area contributed by atoms with Crippen LogP contribution >= 0.6 is 0 Å². The van der Waals surface area contributed by atoms with Crippen molar-refractivity contribution in [2.24, 2.45) is 0 Å². The zero-order chi connectivity index (χ0) is 16.9. The molecule has 0 spiro atoms. The second-order valence-electron chi connectivity index (χ2n) is 6.73. The highest BCUT2D eigenvalue weighted by atomic mass is 16.6. The number of piperidine rings is 1. The fourth-order valence-electron chi connectivity index (χ4n) is 2.49. The molecule has 3 N–H and O–H groups in total. The number of carbonyl (C=O) groups is 1. The lowest BCUT2D eigenvalue weighted by atomic mass is 10.1. The van der Waals surface area contributed by atoms with E-state index in [1.165, 1.54) is 0 Å². The van der Waals surface area contributed by atoms with Crippen molar-refractivity contribution in [3.63, 3.8) is 0 Å². The summed E-state index contributed by atoms with van der Waals surface area (Å²) >= 11 is 0. The van der Waals surface area contributed by atoms with Crippen LogP contribution in [0.15, 0.2) is 18.2 Å². The van der Waals surface area contributed by atoms with Gasteiger partial charge >= 0.3 is 6.09 Å². The van der Waals surface area contributed by atoms with Gasteiger partial charge in [-0.05, 0) is 52.3 Å². The molecule has 0 radical (unpaired) electrons. The molecule has 0 aliphatic carbocycles. The maximum absolute atomic E-state index is 12.0. The predicted molar refractivity (Wildman–Crippen MR) is 92.4 cm³/mol. The van der Waals surface area contributed by atoms with Gasteiger partial charge in [0.05, 0.1) is 18.5 Å². The SMILES string of the molecule is COc1ccc(NC(=O)OC(C)(C)C)c(NC2CCCNC2)c1. The van der Waals surface area contributed by atoms with E-state index >= 15 is 0 Å². The molecule has 0 saturated carbocycles. The van der Waals surface area contributed by atoms with E-state index in [0.29, 0.717) is 11.7 Å². The molecule has 128 valence electrons. The number of methoxy groups -OCH3 is 1. The van der Waals surface area contributed by atoms with Crippen LogP contribution in [-0.4, -0.2) is 37.9 Å². The van der Waals surface area contributed by atoms with Crippen molar-refractivity contribution in [2.75, 3.05) is 30.8 Å². The van der Waals surface area contributed by atoms with E-state index in [4.69, 9.17) is 9.47 Å². The van der Waals surface area contributed by atoms with E-state index in [9.17, 15) is 4.79 Å². The first-order valence-electron chi connectivity index (χ1n) is 8.03. The average molecular weight is 321 g/mol. The summed E-state index contributed by atoms with van der Waals surface area (Å²) in [5.74, 6) is 0.742. The number of hydrogen-bond acceptors (Lipinski definition) is 5. The highest BCUT2D eigenvalue weighted by Crippen LogP contribution is 2.29. The molecule has 6 nitrogen and oxygen atoms in total. The molecule has 1 heterocycles. The lowest BCUT2D eigenvalue weighted by molar-refractivity contribution is 0.0636. The number of carbonyl (C=O) groups excluding carboxylic acids is 1. The molecule has 6 heteroatoms. The Balaban J connectivity index is 2.12. The monoisotopic (exact) mass is 321 g/mol. The van der Waals surface area contributed by atoms with Crippen molar-refractivity contribution in [3.05, 3.63) is 18.2 Å². The molecule has 2 rings (SSSR count). The van der Waals surface area contributed by atoms with Crippen molar-refractivity contribution in [3.8, 4) is 5.75 Å². The van der Waals surface area contributed by atoms with Gasteiger partial charge in [0.1, 0.15) is 11.4 Å². The number of benzene rings is 1. The lowest BCUT2D eigenvalue weighted by Gasteiger charge is -2.26. The molecule has 0 bridgehead atoms. The lowest BCUT2D eigenvalue weighted by Crippen LogP contribution is -2.38. The van der Waals surface area contributed by atoms with E-state index in [1.807, 2.05) is 39.0 Å². The quantitative estimate of drug-likeness (QED) is 0.794. The van der Waals surface area contributed by atoms with Gasteiger partial charge in [-0.25, -0.2) is 4.79 Å². The molecular formula is C17H27N3O3. The Bertz CT molecular complexity index is 534. The Kier molecular flexibility index (Phi) is 5.71. The first-order chi connectivity index (χ1) is 10.9. The Labute approximate surface area is 137 Å². The van der Waals surface area contributed by atoms with Crippen LogP contribution in [0.3, 0.4) is 0 Å². The van der Waals surface area contributed by atoms with Gasteiger partial charge in [0, 0.05) is 18.7 Å². The Morgan fingerprint density at radius 2 is 2.09 bits per heavy atom. The number of ether oxygens (including phenoxy) is 2. The maximum Gasteiger partial charge on any atom is 0.412 e. The van der Waals surface area contributed by atoms with Gasteiger partial charge < -0.3 is 20.1 Å². The van der Waals surface area contributed by atoms with E-state index in [-0.39, 0.29) is 0 Å². The van der Waals surface area contributed by atoms with Crippen LogP contribution in [0.2, 0.25) is 0 Å². The molecule has 1 aliphatic heterocycles. The second kappa shape index (κ2) is 7.55. The molecule has 1 atom stereocenters. The molecule has 1 aliphatic rings. The van der Waals surface area contributed by atoms with Gasteiger partial charge in [-0.1, -0.05) is 0 Å². The average Bonchev–Trinajstić information content (AvgIpc) is 2.48. The molecule has 1 fully saturated rings. The van der Waals surface area contributed by atoms with Crippen molar-refractivity contribution in [1.29, 1.82) is 0 Å². The first-order valence-corrected chi connectivity index (χ1v) is 8.03. The highest BCUT2D eigenvalue weighted by Gasteiger charge is 2.19. The minimum absolute atomic E-state index is 0.329. The van der Waals surface area contributed by atoms with Crippen LogP contribution in [0, 0.1) is 0 Å². The maximum atomic E-state index is 12.0. The third kappa shape index (κ3) is 5.63. The standard InChI is InChI=1S/C17H27N3O3/c1-17(2,3)23-16(21)20-14-8-7-13(22-4)10-15(14)19-12-6-5-9-18-11-12/h7-8,10,12,18-19H,5-6,9,11H2,1-4H3,(H,20,21). The Morgan fingerprint density at radius 1 is 1.30 bits per heavy atom. The van der Waals surface area contributed by atoms with E-state index in [0.717, 1.165) is 37.4 Å². The predicted octanol–water partition coefficient (Wildman–Crippen LogP) is 3.21. The Morgan fingerprint density at radius 3 is 2.70 bits per heavy atom. The number of rotatable bonds is 4. The topological polar surface area (TPSA) is 71.6 Å². The molecule has 23 heavy (non-hydrogen) atoms. The molecule has 1 aromatic rings. The number of nitrogens with one attached hydrogen (secondary N) is 3. The Hall–Kier alpha value is -1.95.